The summed E-state index contributed by atoms with van der Waals surface area (Å²) in [6, 6.07) is 8.69. The van der Waals surface area contributed by atoms with Gasteiger partial charge in [-0.2, -0.15) is 0 Å². The summed E-state index contributed by atoms with van der Waals surface area (Å²) in [6.07, 6.45) is 0. The van der Waals surface area contributed by atoms with E-state index in [1.165, 1.54) is 12.1 Å². The van der Waals surface area contributed by atoms with E-state index in [2.05, 4.69) is 31.9 Å². The SMILES string of the molecule is NC(c1cc(Br)cc(Br)c1)c1cccc(F)c1F. The van der Waals surface area contributed by atoms with Gasteiger partial charge in [0.25, 0.3) is 0 Å². The van der Waals surface area contributed by atoms with Gasteiger partial charge < -0.3 is 5.73 Å². The van der Waals surface area contributed by atoms with Gasteiger partial charge in [-0.05, 0) is 29.8 Å². The lowest BCUT2D eigenvalue weighted by molar-refractivity contribution is 0.494. The number of nitrogens with two attached hydrogens (primary N) is 1. The Morgan fingerprint density at radius 2 is 1.61 bits per heavy atom. The molecule has 0 radical (unpaired) electrons. The Morgan fingerprint density at radius 1 is 1.00 bits per heavy atom. The molecule has 1 atom stereocenters. The van der Waals surface area contributed by atoms with Crippen molar-refractivity contribution in [2.75, 3.05) is 0 Å². The lowest BCUT2D eigenvalue weighted by atomic mass is 9.99. The van der Waals surface area contributed by atoms with Gasteiger partial charge in [0.15, 0.2) is 11.6 Å². The highest BCUT2D eigenvalue weighted by atomic mass is 79.9. The number of hydrogen-bond donors (Lipinski definition) is 1. The zero-order valence-corrected chi connectivity index (χ0v) is 12.3. The van der Waals surface area contributed by atoms with Gasteiger partial charge >= 0.3 is 0 Å². The number of rotatable bonds is 2. The summed E-state index contributed by atoms with van der Waals surface area (Å²) in [5.74, 6) is -1.79. The Kier molecular flexibility index (Phi) is 4.14. The molecule has 0 saturated carbocycles. The minimum Gasteiger partial charge on any atom is -0.320 e. The first-order chi connectivity index (χ1) is 8.49. The predicted octanol–water partition coefficient (Wildman–Crippen LogP) is 4.54. The van der Waals surface area contributed by atoms with Crippen LogP contribution in [0.15, 0.2) is 45.3 Å². The Bertz CT molecular complexity index is 567. The summed E-state index contributed by atoms with van der Waals surface area (Å²) in [6.45, 7) is 0. The zero-order chi connectivity index (χ0) is 13.3. The molecule has 1 unspecified atom stereocenters. The van der Waals surface area contributed by atoms with Gasteiger partial charge in [0.2, 0.25) is 0 Å². The first-order valence-corrected chi connectivity index (χ1v) is 6.73. The Morgan fingerprint density at radius 3 is 2.22 bits per heavy atom. The van der Waals surface area contributed by atoms with E-state index in [0.29, 0.717) is 5.56 Å². The number of hydrogen-bond acceptors (Lipinski definition) is 1. The average Bonchev–Trinajstić information content (AvgIpc) is 2.30. The van der Waals surface area contributed by atoms with Gasteiger partial charge in [-0.25, -0.2) is 8.78 Å². The van der Waals surface area contributed by atoms with Crippen LogP contribution in [0, 0.1) is 11.6 Å². The van der Waals surface area contributed by atoms with Crippen LogP contribution in [0.5, 0.6) is 0 Å². The maximum absolute atomic E-state index is 13.7. The Hall–Kier alpha value is -0.780. The quantitative estimate of drug-likeness (QED) is 0.818. The van der Waals surface area contributed by atoms with E-state index in [1.54, 1.807) is 12.1 Å². The number of benzene rings is 2. The van der Waals surface area contributed by atoms with E-state index in [0.717, 1.165) is 15.0 Å². The van der Waals surface area contributed by atoms with Crippen molar-refractivity contribution in [1.29, 1.82) is 0 Å². The fourth-order valence-corrected chi connectivity index (χ4v) is 3.02. The molecule has 2 rings (SSSR count). The van der Waals surface area contributed by atoms with Crippen LogP contribution in [0.3, 0.4) is 0 Å². The predicted molar refractivity (Wildman–Crippen MR) is 74.2 cm³/mol. The molecular weight excluding hydrogens is 368 g/mol. The smallest absolute Gasteiger partial charge is 0.163 e. The number of halogens is 4. The van der Waals surface area contributed by atoms with Crippen LogP contribution < -0.4 is 5.73 Å². The molecule has 0 amide bonds. The van der Waals surface area contributed by atoms with Gasteiger partial charge in [-0.1, -0.05) is 44.0 Å². The summed E-state index contributed by atoms with van der Waals surface area (Å²) >= 11 is 6.67. The molecule has 0 aliphatic carbocycles. The zero-order valence-electron chi connectivity index (χ0n) is 9.13. The van der Waals surface area contributed by atoms with Crippen molar-refractivity contribution in [2.24, 2.45) is 5.73 Å². The average molecular weight is 377 g/mol. The van der Waals surface area contributed by atoms with Crippen molar-refractivity contribution >= 4 is 31.9 Å². The summed E-state index contributed by atoms with van der Waals surface area (Å²) in [5.41, 5.74) is 6.81. The second-order valence-corrected chi connectivity index (χ2v) is 5.65. The molecule has 5 heteroatoms. The molecule has 0 aromatic heterocycles. The third-order valence-corrected chi connectivity index (χ3v) is 3.48. The van der Waals surface area contributed by atoms with Gasteiger partial charge in [0.05, 0.1) is 6.04 Å². The molecule has 2 N–H and O–H groups in total. The van der Waals surface area contributed by atoms with Crippen LogP contribution in [0.2, 0.25) is 0 Å². The van der Waals surface area contributed by atoms with Crippen LogP contribution in [0.25, 0.3) is 0 Å². The fourth-order valence-electron chi connectivity index (χ4n) is 1.69. The summed E-state index contributed by atoms with van der Waals surface area (Å²) in [7, 11) is 0. The van der Waals surface area contributed by atoms with Crippen LogP contribution in [-0.4, -0.2) is 0 Å². The van der Waals surface area contributed by atoms with E-state index in [4.69, 9.17) is 5.73 Å². The van der Waals surface area contributed by atoms with Crippen molar-refractivity contribution in [3.8, 4) is 0 Å². The van der Waals surface area contributed by atoms with E-state index >= 15 is 0 Å². The third kappa shape index (κ3) is 2.79. The van der Waals surface area contributed by atoms with Gasteiger partial charge in [-0.3, -0.25) is 0 Å². The molecule has 0 aliphatic heterocycles. The molecule has 0 saturated heterocycles. The van der Waals surface area contributed by atoms with E-state index in [9.17, 15) is 8.78 Å². The molecular formula is C13H9Br2F2N. The van der Waals surface area contributed by atoms with Crippen molar-refractivity contribution in [3.05, 3.63) is 68.1 Å². The van der Waals surface area contributed by atoms with Gasteiger partial charge in [-0.15, -0.1) is 0 Å². The summed E-state index contributed by atoms with van der Waals surface area (Å²) in [5, 5.41) is 0. The van der Waals surface area contributed by atoms with Crippen LogP contribution in [0.4, 0.5) is 8.78 Å². The van der Waals surface area contributed by atoms with Crippen LogP contribution >= 0.6 is 31.9 Å². The molecule has 18 heavy (non-hydrogen) atoms. The second-order valence-electron chi connectivity index (χ2n) is 3.82. The monoisotopic (exact) mass is 375 g/mol. The second kappa shape index (κ2) is 5.47. The molecule has 2 aromatic carbocycles. The maximum atomic E-state index is 13.7. The highest BCUT2D eigenvalue weighted by Gasteiger charge is 2.17. The third-order valence-electron chi connectivity index (χ3n) is 2.56. The Labute approximate surface area is 120 Å². The summed E-state index contributed by atoms with van der Waals surface area (Å²) < 4.78 is 28.5. The van der Waals surface area contributed by atoms with Crippen molar-refractivity contribution in [3.63, 3.8) is 0 Å². The minimum atomic E-state index is -0.902. The minimum absolute atomic E-state index is 0.139. The summed E-state index contributed by atoms with van der Waals surface area (Å²) in [4.78, 5) is 0. The Balaban J connectivity index is 2.47. The van der Waals surface area contributed by atoms with E-state index < -0.39 is 17.7 Å². The molecule has 0 spiro atoms. The first-order valence-electron chi connectivity index (χ1n) is 5.14. The molecule has 0 bridgehead atoms. The topological polar surface area (TPSA) is 26.0 Å². The molecule has 94 valence electrons. The van der Waals surface area contributed by atoms with Crippen LogP contribution in [-0.2, 0) is 0 Å². The largest absolute Gasteiger partial charge is 0.320 e. The standard InChI is InChI=1S/C13H9Br2F2N/c14-8-4-7(5-9(15)6-8)13(18)10-2-1-3-11(16)12(10)17/h1-6,13H,18H2. The molecule has 0 heterocycles. The van der Waals surface area contributed by atoms with Gasteiger partial charge in [0, 0.05) is 14.5 Å². The van der Waals surface area contributed by atoms with Gasteiger partial charge in [0.1, 0.15) is 0 Å². The fraction of sp³-hybridized carbons (Fsp3) is 0.0769. The van der Waals surface area contributed by atoms with Crippen molar-refractivity contribution < 1.29 is 8.78 Å². The lowest BCUT2D eigenvalue weighted by Crippen LogP contribution is -2.14. The molecule has 2 aromatic rings. The van der Waals surface area contributed by atoms with Crippen molar-refractivity contribution in [1.82, 2.24) is 0 Å². The van der Waals surface area contributed by atoms with Crippen LogP contribution in [0.1, 0.15) is 17.2 Å². The highest BCUT2D eigenvalue weighted by Crippen LogP contribution is 2.28. The normalized spacial score (nSPS) is 12.5. The molecule has 0 aliphatic rings. The van der Waals surface area contributed by atoms with Crippen molar-refractivity contribution in [2.45, 2.75) is 6.04 Å². The lowest BCUT2D eigenvalue weighted by Gasteiger charge is -2.14. The van der Waals surface area contributed by atoms with E-state index in [-0.39, 0.29) is 5.56 Å². The molecule has 1 nitrogen and oxygen atoms in total. The highest BCUT2D eigenvalue weighted by molar-refractivity contribution is 9.11. The molecule has 0 fully saturated rings. The first kappa shape index (κ1) is 13.6. The van der Waals surface area contributed by atoms with E-state index in [1.807, 2.05) is 6.07 Å². The maximum Gasteiger partial charge on any atom is 0.163 e.